The molecular weight excluding hydrogens is 210 g/mol. The first-order valence-corrected chi connectivity index (χ1v) is 6.73. The van der Waals surface area contributed by atoms with E-state index >= 15 is 0 Å². The van der Waals surface area contributed by atoms with Crippen molar-refractivity contribution in [2.24, 2.45) is 0 Å². The molecule has 0 N–H and O–H groups in total. The Bertz CT molecular complexity index is 327. The van der Waals surface area contributed by atoms with Crippen LogP contribution in [0.15, 0.2) is 24.3 Å². The minimum atomic E-state index is 0.605. The topological polar surface area (TPSA) is 12.5 Å². The van der Waals surface area contributed by atoms with Crippen LogP contribution in [0.1, 0.15) is 44.2 Å². The molecular formula is C15H23NO. The summed E-state index contributed by atoms with van der Waals surface area (Å²) in [5.74, 6) is 0.949. The minimum absolute atomic E-state index is 0.605. The molecule has 1 saturated heterocycles. The van der Waals surface area contributed by atoms with Gasteiger partial charge in [0.15, 0.2) is 0 Å². The summed E-state index contributed by atoms with van der Waals surface area (Å²) in [6, 6.07) is 9.20. The number of ether oxygens (including phenoxy) is 1. The number of likely N-dealkylation sites (tertiary alicyclic amines) is 1. The molecule has 94 valence electrons. The van der Waals surface area contributed by atoms with Crippen molar-refractivity contribution in [3.05, 3.63) is 29.8 Å². The lowest BCUT2D eigenvalue weighted by molar-refractivity contribution is 0.232. The van der Waals surface area contributed by atoms with Gasteiger partial charge in [-0.1, -0.05) is 25.5 Å². The van der Waals surface area contributed by atoms with E-state index in [1.807, 2.05) is 0 Å². The number of nitrogens with zero attached hydrogens (tertiary/aromatic N) is 1. The first kappa shape index (κ1) is 12.4. The van der Waals surface area contributed by atoms with Crippen LogP contribution in [0.3, 0.4) is 0 Å². The fourth-order valence-electron chi connectivity index (χ4n) is 2.71. The summed E-state index contributed by atoms with van der Waals surface area (Å²) in [6.45, 7) is 4.79. The number of rotatable bonds is 5. The summed E-state index contributed by atoms with van der Waals surface area (Å²) < 4.78 is 5.22. The van der Waals surface area contributed by atoms with Crippen LogP contribution in [0.4, 0.5) is 0 Å². The fraction of sp³-hybridized carbons (Fsp3) is 0.600. The van der Waals surface area contributed by atoms with Crippen LogP contribution < -0.4 is 4.74 Å². The molecule has 17 heavy (non-hydrogen) atoms. The molecule has 0 spiro atoms. The third-order valence-electron chi connectivity index (χ3n) is 3.64. The van der Waals surface area contributed by atoms with Crippen molar-refractivity contribution >= 4 is 0 Å². The van der Waals surface area contributed by atoms with E-state index in [0.717, 1.165) is 5.75 Å². The maximum absolute atomic E-state index is 5.22. The molecule has 0 aromatic heterocycles. The predicted octanol–water partition coefficient (Wildman–Crippen LogP) is 3.63. The first-order chi connectivity index (χ1) is 8.35. The maximum Gasteiger partial charge on any atom is 0.118 e. The van der Waals surface area contributed by atoms with Crippen LogP contribution >= 0.6 is 0 Å². The van der Waals surface area contributed by atoms with E-state index in [9.17, 15) is 0 Å². The number of hydrogen-bond acceptors (Lipinski definition) is 2. The van der Waals surface area contributed by atoms with Gasteiger partial charge in [-0.3, -0.25) is 4.90 Å². The Morgan fingerprint density at radius 3 is 2.35 bits per heavy atom. The SMILES string of the molecule is CCCC(c1ccc(OC)cc1)N1CCCC1. The van der Waals surface area contributed by atoms with Gasteiger partial charge in [0, 0.05) is 6.04 Å². The van der Waals surface area contributed by atoms with Crippen LogP contribution in [0.2, 0.25) is 0 Å². The van der Waals surface area contributed by atoms with E-state index in [2.05, 4.69) is 36.1 Å². The molecule has 0 radical (unpaired) electrons. The van der Waals surface area contributed by atoms with Gasteiger partial charge < -0.3 is 4.74 Å². The highest BCUT2D eigenvalue weighted by Crippen LogP contribution is 2.30. The van der Waals surface area contributed by atoms with Gasteiger partial charge in [-0.05, 0) is 50.0 Å². The zero-order valence-corrected chi connectivity index (χ0v) is 11.0. The van der Waals surface area contributed by atoms with Crippen molar-refractivity contribution in [1.82, 2.24) is 4.90 Å². The average molecular weight is 233 g/mol. The molecule has 2 heteroatoms. The van der Waals surface area contributed by atoms with Gasteiger partial charge in [0.2, 0.25) is 0 Å². The van der Waals surface area contributed by atoms with Gasteiger partial charge in [0.1, 0.15) is 5.75 Å². The molecule has 0 amide bonds. The molecule has 0 saturated carbocycles. The van der Waals surface area contributed by atoms with E-state index in [4.69, 9.17) is 4.74 Å². The van der Waals surface area contributed by atoms with Crippen LogP contribution in [-0.2, 0) is 0 Å². The predicted molar refractivity (Wildman–Crippen MR) is 71.5 cm³/mol. The highest BCUT2D eigenvalue weighted by molar-refractivity contribution is 5.29. The third kappa shape index (κ3) is 3.01. The Kier molecular flexibility index (Phi) is 4.43. The second-order valence-corrected chi connectivity index (χ2v) is 4.82. The summed E-state index contributed by atoms with van der Waals surface area (Å²) >= 11 is 0. The largest absolute Gasteiger partial charge is 0.497 e. The van der Waals surface area contributed by atoms with E-state index in [0.29, 0.717) is 6.04 Å². The molecule has 1 fully saturated rings. The van der Waals surface area contributed by atoms with E-state index in [-0.39, 0.29) is 0 Å². The van der Waals surface area contributed by atoms with Crippen LogP contribution in [0.25, 0.3) is 0 Å². The average Bonchev–Trinajstić information content (AvgIpc) is 2.90. The van der Waals surface area contributed by atoms with Gasteiger partial charge in [0.05, 0.1) is 7.11 Å². The zero-order valence-electron chi connectivity index (χ0n) is 11.0. The Labute approximate surface area is 105 Å². The summed E-state index contributed by atoms with van der Waals surface area (Å²) in [5, 5.41) is 0. The number of hydrogen-bond donors (Lipinski definition) is 0. The second-order valence-electron chi connectivity index (χ2n) is 4.82. The maximum atomic E-state index is 5.22. The molecule has 1 aromatic carbocycles. The van der Waals surface area contributed by atoms with E-state index in [1.165, 1.54) is 44.3 Å². The van der Waals surface area contributed by atoms with Gasteiger partial charge in [-0.25, -0.2) is 0 Å². The molecule has 1 atom stereocenters. The quantitative estimate of drug-likeness (QED) is 0.770. The smallest absolute Gasteiger partial charge is 0.118 e. The highest BCUT2D eigenvalue weighted by Gasteiger charge is 2.22. The highest BCUT2D eigenvalue weighted by atomic mass is 16.5. The third-order valence-corrected chi connectivity index (χ3v) is 3.64. The standard InChI is InChI=1S/C15H23NO/c1-3-6-15(16-11-4-5-12-16)13-7-9-14(17-2)10-8-13/h7-10,15H,3-6,11-12H2,1-2H3. The van der Waals surface area contributed by atoms with Crippen molar-refractivity contribution in [3.63, 3.8) is 0 Å². The van der Waals surface area contributed by atoms with Crippen LogP contribution in [0.5, 0.6) is 5.75 Å². The molecule has 2 rings (SSSR count). The molecule has 0 aliphatic carbocycles. The first-order valence-electron chi connectivity index (χ1n) is 6.73. The van der Waals surface area contributed by atoms with Gasteiger partial charge in [-0.2, -0.15) is 0 Å². The molecule has 0 bridgehead atoms. The zero-order chi connectivity index (χ0) is 12.1. The Morgan fingerprint density at radius 1 is 1.18 bits per heavy atom. The lowest BCUT2D eigenvalue weighted by Gasteiger charge is -2.27. The summed E-state index contributed by atoms with van der Waals surface area (Å²) in [6.07, 6.45) is 5.21. The lowest BCUT2D eigenvalue weighted by atomic mass is 10.0. The van der Waals surface area contributed by atoms with E-state index in [1.54, 1.807) is 7.11 Å². The van der Waals surface area contributed by atoms with Crippen molar-refractivity contribution in [3.8, 4) is 5.75 Å². The molecule has 1 aliphatic heterocycles. The van der Waals surface area contributed by atoms with Crippen molar-refractivity contribution in [2.75, 3.05) is 20.2 Å². The second kappa shape index (κ2) is 6.06. The Morgan fingerprint density at radius 2 is 1.82 bits per heavy atom. The van der Waals surface area contributed by atoms with Crippen molar-refractivity contribution < 1.29 is 4.74 Å². The van der Waals surface area contributed by atoms with E-state index < -0.39 is 0 Å². The molecule has 1 unspecified atom stereocenters. The minimum Gasteiger partial charge on any atom is -0.497 e. The van der Waals surface area contributed by atoms with Crippen molar-refractivity contribution in [1.29, 1.82) is 0 Å². The number of methoxy groups -OCH3 is 1. The summed E-state index contributed by atoms with van der Waals surface area (Å²) in [4.78, 5) is 2.63. The normalized spacial score (nSPS) is 18.2. The fourth-order valence-corrected chi connectivity index (χ4v) is 2.71. The summed E-state index contributed by atoms with van der Waals surface area (Å²) in [5.41, 5.74) is 1.44. The van der Waals surface area contributed by atoms with Gasteiger partial charge in [-0.15, -0.1) is 0 Å². The Hall–Kier alpha value is -1.02. The molecule has 2 nitrogen and oxygen atoms in total. The number of benzene rings is 1. The van der Waals surface area contributed by atoms with Gasteiger partial charge in [0.25, 0.3) is 0 Å². The van der Waals surface area contributed by atoms with Gasteiger partial charge >= 0.3 is 0 Å². The lowest BCUT2D eigenvalue weighted by Crippen LogP contribution is -2.25. The summed E-state index contributed by atoms with van der Waals surface area (Å²) in [7, 11) is 1.72. The van der Waals surface area contributed by atoms with Crippen LogP contribution in [0, 0.1) is 0 Å². The van der Waals surface area contributed by atoms with Crippen LogP contribution in [-0.4, -0.2) is 25.1 Å². The van der Waals surface area contributed by atoms with Crippen molar-refractivity contribution in [2.45, 2.75) is 38.6 Å². The molecule has 1 aliphatic rings. The monoisotopic (exact) mass is 233 g/mol. The molecule has 1 aromatic rings. The molecule has 1 heterocycles. The Balaban J connectivity index is 2.12.